The average molecular weight is 448 g/mol. The molecule has 162 valence electrons. The molecule has 1 heterocycles. The number of hydrogen-bond donors (Lipinski definition) is 0. The molecule has 1 aromatic rings. The summed E-state index contributed by atoms with van der Waals surface area (Å²) in [6.45, 7) is 4.60. The lowest BCUT2D eigenvalue weighted by Gasteiger charge is -2.36. The van der Waals surface area contributed by atoms with Gasteiger partial charge in [0, 0.05) is 0 Å². The zero-order valence-electron chi connectivity index (χ0n) is 16.6. The summed E-state index contributed by atoms with van der Waals surface area (Å²) in [4.78, 5) is 12.6. The Bertz CT molecular complexity index is 949. The number of benzene rings is 1. The van der Waals surface area contributed by atoms with Gasteiger partial charge in [-0.1, -0.05) is 30.3 Å². The molecule has 0 aliphatic carbocycles. The highest BCUT2D eigenvalue weighted by Crippen LogP contribution is 2.26. The van der Waals surface area contributed by atoms with Gasteiger partial charge in [0.2, 0.25) is 0 Å². The van der Waals surface area contributed by atoms with Gasteiger partial charge in [-0.3, -0.25) is 4.18 Å². The molecule has 1 aliphatic heterocycles. The molecular weight excluding hydrogens is 422 g/mol. The number of carbonyl (C=O) groups is 1. The van der Waals surface area contributed by atoms with E-state index in [0.29, 0.717) is 4.31 Å². The van der Waals surface area contributed by atoms with Gasteiger partial charge in [-0.25, -0.2) is 13.2 Å². The van der Waals surface area contributed by atoms with E-state index in [2.05, 4.69) is 0 Å². The highest BCUT2D eigenvalue weighted by atomic mass is 32.2. The molecule has 1 aliphatic rings. The van der Waals surface area contributed by atoms with Gasteiger partial charge < -0.3 is 9.47 Å². The monoisotopic (exact) mass is 447 g/mol. The molecule has 0 unspecified atom stereocenters. The lowest BCUT2D eigenvalue weighted by atomic mass is 10.1. The van der Waals surface area contributed by atoms with Gasteiger partial charge in [-0.15, -0.1) is 0 Å². The summed E-state index contributed by atoms with van der Waals surface area (Å²) >= 11 is 0. The minimum Gasteiger partial charge on any atom is -0.443 e. The Labute approximate surface area is 171 Å². The highest BCUT2D eigenvalue weighted by Gasteiger charge is 2.44. The van der Waals surface area contributed by atoms with E-state index in [0.717, 1.165) is 23.3 Å². The number of hydrogen-bond acceptors (Lipinski definition) is 8. The summed E-state index contributed by atoms with van der Waals surface area (Å²) < 4.78 is 64.6. The van der Waals surface area contributed by atoms with Crippen molar-refractivity contribution in [2.24, 2.45) is 0 Å². The topological polar surface area (TPSA) is 116 Å². The molecule has 1 aromatic carbocycles. The fraction of sp³-hybridized carbons (Fsp3) is 0.500. The number of amides is 1. The second-order valence-electron chi connectivity index (χ2n) is 7.48. The summed E-state index contributed by atoms with van der Waals surface area (Å²) in [5.41, 5.74) is -0.137. The predicted molar refractivity (Wildman–Crippen MR) is 106 cm³/mol. The molecule has 11 heteroatoms. The van der Waals surface area contributed by atoms with E-state index in [1.807, 2.05) is 30.3 Å². The summed E-state index contributed by atoms with van der Waals surface area (Å²) in [5.74, 6) is 0. The SMILES string of the molecule is CC(C)(C)OC(=O)N1[C@@H](COCc2ccccc2)[C@H](OS(C)(=O)=O)C=CS1(=O)=O. The van der Waals surface area contributed by atoms with Gasteiger partial charge in [0.1, 0.15) is 17.7 Å². The lowest BCUT2D eigenvalue weighted by Crippen LogP contribution is -2.55. The largest absolute Gasteiger partial charge is 0.443 e. The molecule has 2 atom stereocenters. The second kappa shape index (κ2) is 8.82. The zero-order chi connectivity index (χ0) is 21.9. The smallest absolute Gasteiger partial charge is 0.424 e. The Morgan fingerprint density at radius 1 is 1.17 bits per heavy atom. The van der Waals surface area contributed by atoms with E-state index in [9.17, 15) is 21.6 Å². The first-order valence-electron chi connectivity index (χ1n) is 8.74. The fourth-order valence-electron chi connectivity index (χ4n) is 2.57. The molecular formula is C18H25NO8S2. The van der Waals surface area contributed by atoms with Crippen LogP contribution in [-0.4, -0.2) is 57.8 Å². The zero-order valence-corrected chi connectivity index (χ0v) is 18.3. The molecule has 0 N–H and O–H groups in total. The Balaban J connectivity index is 2.31. The van der Waals surface area contributed by atoms with Crippen LogP contribution in [0.3, 0.4) is 0 Å². The maximum Gasteiger partial charge on any atom is 0.424 e. The fourth-order valence-corrected chi connectivity index (χ4v) is 4.46. The normalized spacial score (nSPS) is 21.7. The van der Waals surface area contributed by atoms with Gasteiger partial charge in [-0.05, 0) is 32.4 Å². The predicted octanol–water partition coefficient (Wildman–Crippen LogP) is 2.01. The molecule has 29 heavy (non-hydrogen) atoms. The van der Waals surface area contributed by atoms with Crippen molar-refractivity contribution in [3.63, 3.8) is 0 Å². The van der Waals surface area contributed by atoms with Crippen LogP contribution in [0.4, 0.5) is 4.79 Å². The molecule has 0 saturated carbocycles. The first-order chi connectivity index (χ1) is 13.3. The van der Waals surface area contributed by atoms with Crippen LogP contribution in [0.1, 0.15) is 26.3 Å². The van der Waals surface area contributed by atoms with Crippen LogP contribution in [-0.2, 0) is 40.4 Å². The van der Waals surface area contributed by atoms with E-state index in [-0.39, 0.29) is 13.2 Å². The van der Waals surface area contributed by atoms with E-state index in [1.54, 1.807) is 20.8 Å². The Morgan fingerprint density at radius 3 is 2.34 bits per heavy atom. The average Bonchev–Trinajstić information content (AvgIpc) is 2.55. The van der Waals surface area contributed by atoms with Crippen molar-refractivity contribution >= 4 is 26.2 Å². The van der Waals surface area contributed by atoms with Crippen LogP contribution < -0.4 is 0 Å². The second-order valence-corrected chi connectivity index (χ2v) is 10.8. The Morgan fingerprint density at radius 2 is 1.79 bits per heavy atom. The third-order valence-electron chi connectivity index (χ3n) is 3.65. The molecule has 1 amide bonds. The van der Waals surface area contributed by atoms with Gasteiger partial charge in [0.25, 0.3) is 20.1 Å². The molecule has 0 spiro atoms. The van der Waals surface area contributed by atoms with E-state index < -0.39 is 44.0 Å². The minimum absolute atomic E-state index is 0.134. The van der Waals surface area contributed by atoms with Crippen molar-refractivity contribution in [1.29, 1.82) is 0 Å². The Kier molecular flexibility index (Phi) is 7.10. The summed E-state index contributed by atoms with van der Waals surface area (Å²) in [5, 5.41) is 0.723. The van der Waals surface area contributed by atoms with Crippen molar-refractivity contribution in [2.45, 2.75) is 45.1 Å². The van der Waals surface area contributed by atoms with Gasteiger partial charge in [0.15, 0.2) is 0 Å². The number of ether oxygens (including phenoxy) is 2. The molecule has 0 bridgehead atoms. The van der Waals surface area contributed by atoms with Gasteiger partial charge in [0.05, 0.1) is 24.9 Å². The van der Waals surface area contributed by atoms with Crippen LogP contribution in [0.5, 0.6) is 0 Å². The van der Waals surface area contributed by atoms with Crippen molar-refractivity contribution in [1.82, 2.24) is 4.31 Å². The number of carbonyl (C=O) groups excluding carboxylic acids is 1. The van der Waals surface area contributed by atoms with Gasteiger partial charge >= 0.3 is 6.09 Å². The van der Waals surface area contributed by atoms with Crippen LogP contribution in [0, 0.1) is 0 Å². The summed E-state index contributed by atoms with van der Waals surface area (Å²) in [7, 11) is -8.14. The first kappa shape index (κ1) is 23.3. The third kappa shape index (κ3) is 7.11. The number of sulfonamides is 1. The van der Waals surface area contributed by atoms with E-state index >= 15 is 0 Å². The van der Waals surface area contributed by atoms with E-state index in [1.165, 1.54) is 0 Å². The van der Waals surface area contributed by atoms with Crippen LogP contribution in [0.25, 0.3) is 0 Å². The first-order valence-corrected chi connectivity index (χ1v) is 12.1. The molecule has 0 saturated heterocycles. The standard InChI is InChI=1S/C18H25NO8S2/c1-18(2,3)26-17(20)19-15(13-25-12-14-8-6-5-7-9-14)16(27-28(4,21)22)10-11-29(19,23)24/h5-11,15-16H,12-13H2,1-4H3/t15-,16+/m0/s1. The van der Waals surface area contributed by atoms with Gasteiger partial charge in [-0.2, -0.15) is 12.7 Å². The molecule has 0 radical (unpaired) electrons. The molecule has 0 aromatic heterocycles. The maximum absolute atomic E-state index is 12.6. The molecule has 0 fully saturated rings. The summed E-state index contributed by atoms with van der Waals surface area (Å²) in [6.07, 6.45) is -0.480. The number of rotatable bonds is 6. The van der Waals surface area contributed by atoms with Crippen molar-refractivity contribution in [3.05, 3.63) is 47.4 Å². The summed E-state index contributed by atoms with van der Waals surface area (Å²) in [6, 6.07) is 7.83. The third-order valence-corrected chi connectivity index (χ3v) is 5.70. The van der Waals surface area contributed by atoms with Crippen LogP contribution >= 0.6 is 0 Å². The molecule has 2 rings (SSSR count). The Hall–Kier alpha value is -1.95. The molecule has 9 nitrogen and oxygen atoms in total. The van der Waals surface area contributed by atoms with Crippen LogP contribution in [0.2, 0.25) is 0 Å². The number of nitrogens with zero attached hydrogens (tertiary/aromatic N) is 1. The van der Waals surface area contributed by atoms with E-state index in [4.69, 9.17) is 13.7 Å². The minimum atomic E-state index is -4.20. The van der Waals surface area contributed by atoms with Crippen molar-refractivity contribution in [3.8, 4) is 0 Å². The maximum atomic E-state index is 12.6. The van der Waals surface area contributed by atoms with Crippen molar-refractivity contribution in [2.75, 3.05) is 12.9 Å². The quantitative estimate of drug-likeness (QED) is 0.608. The van der Waals surface area contributed by atoms with Crippen molar-refractivity contribution < 1.29 is 35.3 Å². The van der Waals surface area contributed by atoms with Crippen LogP contribution in [0.15, 0.2) is 41.8 Å². The highest BCUT2D eigenvalue weighted by molar-refractivity contribution is 7.92. The lowest BCUT2D eigenvalue weighted by molar-refractivity contribution is 0.00454.